The van der Waals surface area contributed by atoms with Gasteiger partial charge in [-0.3, -0.25) is 0 Å². The summed E-state index contributed by atoms with van der Waals surface area (Å²) in [5.74, 6) is 0. The average molecular weight is 386 g/mol. The van der Waals surface area contributed by atoms with Crippen LogP contribution in [0.3, 0.4) is 0 Å². The molecule has 0 heterocycles. The van der Waals surface area contributed by atoms with Crippen molar-refractivity contribution in [3.63, 3.8) is 0 Å². The summed E-state index contributed by atoms with van der Waals surface area (Å²) in [6.45, 7) is 22.5. The van der Waals surface area contributed by atoms with Gasteiger partial charge in [-0.2, -0.15) is 0 Å². The Bertz CT molecular complexity index is 123. The average Bonchev–Trinajstić information content (AvgIpc) is 2.41. The van der Waals surface area contributed by atoms with E-state index >= 15 is 0 Å². The fourth-order valence-corrected chi connectivity index (χ4v) is 0. The Balaban J connectivity index is -0.0000000143. The van der Waals surface area contributed by atoms with Crippen LogP contribution in [0.1, 0.15) is 0 Å². The monoisotopic (exact) mass is 386 g/mol. The van der Waals surface area contributed by atoms with Crippen LogP contribution in [0, 0.1) is 33.3 Å². The van der Waals surface area contributed by atoms with E-state index in [0.29, 0.717) is 0 Å². The van der Waals surface area contributed by atoms with Crippen LogP contribution in [0.2, 0.25) is 0 Å². The second kappa shape index (κ2) is 632. The first-order valence-corrected chi connectivity index (χ1v) is 6.46. The van der Waals surface area contributed by atoms with Gasteiger partial charge in [-0.05, 0) is 0 Å². The molecular weight excluding hydrogens is 383 g/mol. The summed E-state index contributed by atoms with van der Waals surface area (Å²) in [4.78, 5) is 0. The standard InChI is InChI=1S/CH3OP.5CO.W/c1-2-3;5*1-2;/h1H3;;;;;;. The van der Waals surface area contributed by atoms with Gasteiger partial charge in [0.2, 0.25) is 0 Å². The van der Waals surface area contributed by atoms with E-state index in [9.17, 15) is 0 Å². The Morgan fingerprint density at radius 1 is 0.786 bits per heavy atom. The van der Waals surface area contributed by atoms with E-state index in [2.05, 4.69) is 37.8 Å². The Morgan fingerprint density at radius 3 is 0.857 bits per heavy atom. The first-order valence-electron chi connectivity index (χ1n) is 1.79. The molecule has 0 aliphatic carbocycles. The van der Waals surface area contributed by atoms with E-state index in [1.165, 1.54) is 18.8 Å². The molecular formula is C6H3O6PW. The fourth-order valence-electron chi connectivity index (χ4n) is 0. The molecule has 0 saturated carbocycles. The molecule has 0 aromatic rings. The molecule has 0 aliphatic heterocycles. The van der Waals surface area contributed by atoms with E-state index in [-0.39, 0.29) is 0 Å². The molecule has 0 aromatic heterocycles. The predicted octanol–water partition coefficient (Wildman–Crippen LogP) is 0.768. The van der Waals surface area contributed by atoms with Gasteiger partial charge in [0.25, 0.3) is 0 Å². The molecule has 74 valence electrons. The third-order valence-corrected chi connectivity index (χ3v) is 1.83. The van der Waals surface area contributed by atoms with E-state index in [0.717, 1.165) is 6.44 Å². The van der Waals surface area contributed by atoms with E-state index in [1.54, 1.807) is 7.11 Å². The van der Waals surface area contributed by atoms with Crippen LogP contribution in [-0.2, 0) is 46.6 Å². The van der Waals surface area contributed by atoms with E-state index in [4.69, 9.17) is 23.3 Å². The van der Waals surface area contributed by atoms with Crippen molar-refractivity contribution in [2.45, 2.75) is 0 Å². The van der Waals surface area contributed by atoms with Crippen LogP contribution in [-0.4, -0.2) is 7.11 Å². The van der Waals surface area contributed by atoms with E-state index in [1.807, 2.05) is 0 Å². The van der Waals surface area contributed by atoms with Crippen LogP contribution in [0.25, 0.3) is 0 Å². The zero-order chi connectivity index (χ0) is 13.4. The quantitative estimate of drug-likeness (QED) is 0.371. The zero-order valence-electron chi connectivity index (χ0n) is 6.80. The second-order valence-corrected chi connectivity index (χ2v) is 2.38. The molecule has 0 aliphatic rings. The van der Waals surface area contributed by atoms with Crippen molar-refractivity contribution in [1.82, 2.24) is 0 Å². The number of hydrogen-bond acceptors (Lipinski definition) is 1. The summed E-state index contributed by atoms with van der Waals surface area (Å²) in [5, 5.41) is 0. The molecule has 0 N–H and O–H groups in total. The molecule has 14 heavy (non-hydrogen) atoms. The summed E-state index contributed by atoms with van der Waals surface area (Å²) < 4.78 is 42.1. The second-order valence-electron chi connectivity index (χ2n) is 0.257. The van der Waals surface area contributed by atoms with Gasteiger partial charge in [0.15, 0.2) is 0 Å². The normalized spacial score (nSPS) is 3.07. The molecule has 0 amide bonds. The molecule has 0 atom stereocenters. The Hall–Kier alpha value is -0.352. The SMILES string of the molecule is CO[P]=[W].[C-]#[O+].[C-]#[O+].[C-]#[O+].[C-]#[O+].[C-]#[O+]. The van der Waals surface area contributed by atoms with Crippen LogP contribution in [0.5, 0.6) is 0 Å². The molecule has 0 unspecified atom stereocenters. The summed E-state index contributed by atoms with van der Waals surface area (Å²) in [6, 6.07) is 0. The van der Waals surface area contributed by atoms with Gasteiger partial charge in [-0.1, -0.05) is 0 Å². The molecule has 8 heteroatoms. The molecule has 0 bridgehead atoms. The Labute approximate surface area is 93.6 Å². The fraction of sp³-hybridized carbons (Fsp3) is 0.167. The minimum absolute atomic E-state index is 1.08. The van der Waals surface area contributed by atoms with Crippen molar-refractivity contribution in [3.05, 3.63) is 33.3 Å². The zero-order valence-corrected chi connectivity index (χ0v) is 10.6. The summed E-state index contributed by atoms with van der Waals surface area (Å²) in [5.41, 5.74) is 0. The summed E-state index contributed by atoms with van der Waals surface area (Å²) in [6.07, 6.45) is 1.08. The van der Waals surface area contributed by atoms with Gasteiger partial charge in [-0.15, -0.1) is 0 Å². The van der Waals surface area contributed by atoms with Gasteiger partial charge in [0.05, 0.1) is 0 Å². The van der Waals surface area contributed by atoms with E-state index < -0.39 is 0 Å². The minimum atomic E-state index is 1.08. The van der Waals surface area contributed by atoms with Crippen molar-refractivity contribution < 1.29 is 46.6 Å². The molecule has 0 radical (unpaired) electrons. The van der Waals surface area contributed by atoms with Gasteiger partial charge < -0.3 is 0 Å². The molecule has 6 nitrogen and oxygen atoms in total. The van der Waals surface area contributed by atoms with Gasteiger partial charge in [0, 0.05) is 0 Å². The third kappa shape index (κ3) is 3140. The first kappa shape index (κ1) is 37.3. The topological polar surface area (TPSA) is 109 Å². The molecule has 0 saturated heterocycles. The van der Waals surface area contributed by atoms with Crippen molar-refractivity contribution in [1.29, 1.82) is 0 Å². The van der Waals surface area contributed by atoms with Crippen molar-refractivity contribution >= 4 is 6.44 Å². The van der Waals surface area contributed by atoms with Gasteiger partial charge >= 0.3 is 93.4 Å². The number of hydrogen-bond donors (Lipinski definition) is 0. The van der Waals surface area contributed by atoms with Crippen LogP contribution < -0.4 is 0 Å². The summed E-state index contributed by atoms with van der Waals surface area (Å²) >= 11 is 1.46. The van der Waals surface area contributed by atoms with Gasteiger partial charge in [0.1, 0.15) is 0 Å². The third-order valence-electron chi connectivity index (χ3n) is 0.0745. The maximum absolute atomic E-state index is 7.50. The van der Waals surface area contributed by atoms with Gasteiger partial charge in [-0.25, -0.2) is 0 Å². The summed E-state index contributed by atoms with van der Waals surface area (Å²) in [7, 11) is 1.69. The maximum atomic E-state index is 7.50. The predicted molar refractivity (Wildman–Crippen MR) is 33.6 cm³/mol. The van der Waals surface area contributed by atoms with Crippen LogP contribution in [0.4, 0.5) is 0 Å². The molecule has 0 rings (SSSR count). The van der Waals surface area contributed by atoms with Crippen LogP contribution >= 0.6 is 6.44 Å². The van der Waals surface area contributed by atoms with Crippen LogP contribution in [0.15, 0.2) is 0 Å². The molecule has 0 aromatic carbocycles. The first-order chi connectivity index (χ1) is 6.91. The van der Waals surface area contributed by atoms with Crippen molar-refractivity contribution in [3.8, 4) is 0 Å². The molecule has 0 spiro atoms. The molecule has 0 fully saturated rings. The van der Waals surface area contributed by atoms with Crippen molar-refractivity contribution in [2.75, 3.05) is 7.11 Å². The Morgan fingerprint density at radius 2 is 0.857 bits per heavy atom. The van der Waals surface area contributed by atoms with Crippen molar-refractivity contribution in [2.24, 2.45) is 0 Å². The Kier molecular flexibility index (Phi) is 1680. The number of rotatable bonds is 1.